The molecule has 7 heteroatoms. The topological polar surface area (TPSA) is 63.2 Å². The second-order valence-electron chi connectivity index (χ2n) is 5.42. The van der Waals surface area contributed by atoms with E-state index in [-0.39, 0.29) is 16.5 Å². The Bertz CT molecular complexity index is 582. The van der Waals surface area contributed by atoms with E-state index in [2.05, 4.69) is 12.2 Å². The molecule has 2 rings (SSSR count). The molecular weight excluding hydrogens is 318 g/mol. The number of thiophene rings is 1. The van der Waals surface area contributed by atoms with Crippen LogP contribution in [0.1, 0.15) is 31.1 Å². The Labute approximate surface area is 127 Å². The Kier molecular flexibility index (Phi) is 5.09. The number of hydrogen-bond acceptors (Lipinski definition) is 4. The molecule has 1 aromatic rings. The van der Waals surface area contributed by atoms with Gasteiger partial charge in [0.15, 0.2) is 0 Å². The first kappa shape index (κ1) is 15.8. The molecule has 2 unspecified atom stereocenters. The quantitative estimate of drug-likeness (QED) is 0.841. The third-order valence-corrected chi connectivity index (χ3v) is 6.78. The van der Waals surface area contributed by atoms with Gasteiger partial charge >= 0.3 is 0 Å². The van der Waals surface area contributed by atoms with Gasteiger partial charge in [0.25, 0.3) is 9.05 Å². The zero-order valence-corrected chi connectivity index (χ0v) is 13.7. The van der Waals surface area contributed by atoms with Gasteiger partial charge in [-0.25, -0.2) is 8.42 Å². The van der Waals surface area contributed by atoms with Crippen LogP contribution >= 0.6 is 22.0 Å². The molecule has 0 aliphatic heterocycles. The summed E-state index contributed by atoms with van der Waals surface area (Å²) in [6.07, 6.45) is 3.80. The van der Waals surface area contributed by atoms with E-state index in [0.717, 1.165) is 23.8 Å². The Morgan fingerprint density at radius 1 is 1.45 bits per heavy atom. The first-order valence-electron chi connectivity index (χ1n) is 6.64. The molecule has 0 saturated heterocycles. The van der Waals surface area contributed by atoms with Crippen molar-refractivity contribution >= 4 is 37.0 Å². The third kappa shape index (κ3) is 4.46. The molecule has 0 radical (unpaired) electrons. The van der Waals surface area contributed by atoms with E-state index in [9.17, 15) is 13.2 Å². The largest absolute Gasteiger partial charge is 0.356 e. The van der Waals surface area contributed by atoms with Gasteiger partial charge in [0.2, 0.25) is 5.91 Å². The molecule has 0 aromatic carbocycles. The number of halogens is 1. The molecule has 4 nitrogen and oxygen atoms in total. The molecule has 1 saturated carbocycles. The van der Waals surface area contributed by atoms with Crippen LogP contribution in [0.4, 0.5) is 0 Å². The van der Waals surface area contributed by atoms with Gasteiger partial charge < -0.3 is 5.32 Å². The van der Waals surface area contributed by atoms with Crippen LogP contribution in [0.15, 0.2) is 16.3 Å². The van der Waals surface area contributed by atoms with E-state index in [1.54, 1.807) is 6.07 Å². The van der Waals surface area contributed by atoms with Crippen molar-refractivity contribution in [1.82, 2.24) is 5.32 Å². The lowest BCUT2D eigenvalue weighted by Gasteiger charge is -2.10. The van der Waals surface area contributed by atoms with Crippen molar-refractivity contribution in [2.45, 2.75) is 36.8 Å². The number of rotatable bonds is 5. The van der Waals surface area contributed by atoms with Gasteiger partial charge in [-0.1, -0.05) is 13.3 Å². The van der Waals surface area contributed by atoms with Crippen molar-refractivity contribution in [2.24, 2.45) is 11.8 Å². The van der Waals surface area contributed by atoms with E-state index >= 15 is 0 Å². The van der Waals surface area contributed by atoms with Gasteiger partial charge in [0, 0.05) is 22.1 Å². The normalized spacial score (nSPS) is 22.9. The summed E-state index contributed by atoms with van der Waals surface area (Å²) in [6.45, 7) is 2.96. The van der Waals surface area contributed by atoms with Crippen LogP contribution in [0.2, 0.25) is 0 Å². The fourth-order valence-corrected chi connectivity index (χ4v) is 4.70. The summed E-state index contributed by atoms with van der Waals surface area (Å²) >= 11 is 1.05. The minimum absolute atomic E-state index is 0.0649. The maximum Gasteiger partial charge on any atom is 0.270 e. The summed E-state index contributed by atoms with van der Waals surface area (Å²) in [5.41, 5.74) is 0. The summed E-state index contributed by atoms with van der Waals surface area (Å²) in [6, 6.07) is 3.07. The van der Waals surface area contributed by atoms with E-state index in [1.165, 1.54) is 25.3 Å². The van der Waals surface area contributed by atoms with Gasteiger partial charge in [-0.05, 0) is 36.8 Å². The van der Waals surface area contributed by atoms with Crippen molar-refractivity contribution < 1.29 is 13.2 Å². The number of amides is 1. The SMILES string of the molecule is CC1CCC(CNC(=O)Cc2ccc(S(=O)(=O)Cl)s2)C1. The van der Waals surface area contributed by atoms with Crippen LogP contribution in [0, 0.1) is 11.8 Å². The number of nitrogens with one attached hydrogen (secondary N) is 1. The number of carbonyl (C=O) groups excluding carboxylic acids is 1. The lowest BCUT2D eigenvalue weighted by molar-refractivity contribution is -0.120. The number of hydrogen-bond donors (Lipinski definition) is 1. The second-order valence-corrected chi connectivity index (χ2v) is 9.38. The maximum absolute atomic E-state index is 11.8. The lowest BCUT2D eigenvalue weighted by Crippen LogP contribution is -2.29. The predicted molar refractivity (Wildman–Crippen MR) is 80.6 cm³/mol. The molecule has 1 N–H and O–H groups in total. The Morgan fingerprint density at radius 3 is 2.75 bits per heavy atom. The van der Waals surface area contributed by atoms with Crippen molar-refractivity contribution in [3.05, 3.63) is 17.0 Å². The van der Waals surface area contributed by atoms with E-state index in [4.69, 9.17) is 10.7 Å². The molecule has 20 heavy (non-hydrogen) atoms. The molecule has 1 aliphatic rings. The molecule has 112 valence electrons. The van der Waals surface area contributed by atoms with E-state index in [0.29, 0.717) is 10.8 Å². The first-order chi connectivity index (χ1) is 9.34. The average Bonchev–Trinajstić information content (AvgIpc) is 2.95. The summed E-state index contributed by atoms with van der Waals surface area (Å²) < 4.78 is 22.4. The molecule has 0 spiro atoms. The van der Waals surface area contributed by atoms with Crippen LogP contribution in [0.5, 0.6) is 0 Å². The third-order valence-electron chi connectivity index (χ3n) is 3.60. The molecule has 1 amide bonds. The first-order valence-corrected chi connectivity index (χ1v) is 9.77. The monoisotopic (exact) mass is 335 g/mol. The van der Waals surface area contributed by atoms with Gasteiger partial charge in [0.05, 0.1) is 6.42 Å². The minimum atomic E-state index is -3.69. The Balaban J connectivity index is 1.81. The van der Waals surface area contributed by atoms with Gasteiger partial charge in [-0.2, -0.15) is 0 Å². The minimum Gasteiger partial charge on any atom is -0.356 e. The summed E-state index contributed by atoms with van der Waals surface area (Å²) in [5, 5.41) is 2.93. The van der Waals surface area contributed by atoms with Crippen LogP contribution in [0.25, 0.3) is 0 Å². The highest BCUT2D eigenvalue weighted by Gasteiger charge is 2.21. The fraction of sp³-hybridized carbons (Fsp3) is 0.615. The van der Waals surface area contributed by atoms with Gasteiger partial charge in [0.1, 0.15) is 4.21 Å². The molecular formula is C13H18ClNO3S2. The molecule has 1 fully saturated rings. The van der Waals surface area contributed by atoms with E-state index < -0.39 is 9.05 Å². The van der Waals surface area contributed by atoms with Crippen LogP contribution < -0.4 is 5.32 Å². The van der Waals surface area contributed by atoms with Crippen molar-refractivity contribution in [2.75, 3.05) is 6.54 Å². The standard InChI is InChI=1S/C13H18ClNO3S2/c1-9-2-3-10(6-9)8-15-12(16)7-11-4-5-13(19-11)20(14,17)18/h4-5,9-10H,2-3,6-8H2,1H3,(H,15,16). The zero-order valence-electron chi connectivity index (χ0n) is 11.3. The van der Waals surface area contributed by atoms with E-state index in [1.807, 2.05) is 0 Å². The highest BCUT2D eigenvalue weighted by atomic mass is 35.7. The molecule has 2 atom stereocenters. The van der Waals surface area contributed by atoms with Gasteiger partial charge in [-0.3, -0.25) is 4.79 Å². The Morgan fingerprint density at radius 2 is 2.20 bits per heavy atom. The smallest absolute Gasteiger partial charge is 0.270 e. The maximum atomic E-state index is 11.8. The average molecular weight is 336 g/mol. The highest BCUT2D eigenvalue weighted by molar-refractivity contribution is 8.15. The highest BCUT2D eigenvalue weighted by Crippen LogP contribution is 2.29. The fourth-order valence-electron chi connectivity index (χ4n) is 2.57. The van der Waals surface area contributed by atoms with Gasteiger partial charge in [-0.15, -0.1) is 11.3 Å². The second kappa shape index (κ2) is 6.45. The summed E-state index contributed by atoms with van der Waals surface area (Å²) in [5.74, 6) is 1.27. The summed E-state index contributed by atoms with van der Waals surface area (Å²) in [7, 11) is 1.56. The van der Waals surface area contributed by atoms with Crippen LogP contribution in [-0.2, 0) is 20.3 Å². The molecule has 1 aromatic heterocycles. The zero-order chi connectivity index (χ0) is 14.8. The Hall–Kier alpha value is -0.590. The summed E-state index contributed by atoms with van der Waals surface area (Å²) in [4.78, 5) is 12.5. The van der Waals surface area contributed by atoms with Crippen molar-refractivity contribution in [3.63, 3.8) is 0 Å². The van der Waals surface area contributed by atoms with Crippen LogP contribution in [-0.4, -0.2) is 20.9 Å². The van der Waals surface area contributed by atoms with Crippen molar-refractivity contribution in [3.8, 4) is 0 Å². The van der Waals surface area contributed by atoms with Crippen molar-refractivity contribution in [1.29, 1.82) is 0 Å². The molecule has 1 heterocycles. The predicted octanol–water partition coefficient (Wildman–Crippen LogP) is 2.77. The molecule has 0 bridgehead atoms. The lowest BCUT2D eigenvalue weighted by atomic mass is 10.1. The molecule has 1 aliphatic carbocycles. The number of carbonyl (C=O) groups is 1. The van der Waals surface area contributed by atoms with Crippen LogP contribution in [0.3, 0.4) is 0 Å².